The molecule has 1 N–H and O–H groups in total. The molecular formula is C14H20N2O2S. The van der Waals surface area contributed by atoms with E-state index in [4.69, 9.17) is 0 Å². The van der Waals surface area contributed by atoms with Gasteiger partial charge < -0.3 is 5.32 Å². The van der Waals surface area contributed by atoms with Crippen LogP contribution in [0.5, 0.6) is 0 Å². The molecule has 2 unspecified atom stereocenters. The lowest BCUT2D eigenvalue weighted by Gasteiger charge is -2.17. The van der Waals surface area contributed by atoms with Crippen LogP contribution < -0.4 is 5.32 Å². The van der Waals surface area contributed by atoms with Gasteiger partial charge in [0.2, 0.25) is 10.0 Å². The van der Waals surface area contributed by atoms with E-state index in [9.17, 15) is 8.42 Å². The Morgan fingerprint density at radius 1 is 1.32 bits per heavy atom. The summed E-state index contributed by atoms with van der Waals surface area (Å²) in [7, 11) is -1.65. The second-order valence-electron chi connectivity index (χ2n) is 5.79. The number of hydrogen-bond acceptors (Lipinski definition) is 3. The average molecular weight is 280 g/mol. The summed E-state index contributed by atoms with van der Waals surface area (Å²) in [5.41, 5.74) is 2.31. The molecule has 3 rings (SSSR count). The molecule has 2 aliphatic rings. The van der Waals surface area contributed by atoms with Gasteiger partial charge in [0, 0.05) is 26.7 Å². The molecule has 1 aromatic carbocycles. The van der Waals surface area contributed by atoms with Gasteiger partial charge in [-0.05, 0) is 41.5 Å². The molecule has 1 saturated carbocycles. The van der Waals surface area contributed by atoms with Crippen LogP contribution in [0.3, 0.4) is 0 Å². The molecule has 19 heavy (non-hydrogen) atoms. The lowest BCUT2D eigenvalue weighted by molar-refractivity contribution is 0.444. The highest BCUT2D eigenvalue weighted by atomic mass is 32.2. The fourth-order valence-corrected chi connectivity index (χ4v) is 3.97. The molecule has 5 heteroatoms. The molecule has 104 valence electrons. The van der Waals surface area contributed by atoms with Gasteiger partial charge in [-0.1, -0.05) is 13.0 Å². The van der Waals surface area contributed by atoms with Gasteiger partial charge in [0.15, 0.2) is 0 Å². The molecule has 0 saturated heterocycles. The smallest absolute Gasteiger partial charge is 0.242 e. The molecule has 0 aromatic heterocycles. The first-order valence-electron chi connectivity index (χ1n) is 6.77. The lowest BCUT2D eigenvalue weighted by Crippen LogP contribution is -2.29. The summed E-state index contributed by atoms with van der Waals surface area (Å²) in [5, 5.41) is 3.24. The summed E-state index contributed by atoms with van der Waals surface area (Å²) < 4.78 is 26.5. The Bertz CT molecular complexity index is 597. The Morgan fingerprint density at radius 3 is 2.68 bits per heavy atom. The zero-order valence-electron chi connectivity index (χ0n) is 11.4. The fourth-order valence-electron chi connectivity index (χ4n) is 2.69. The average Bonchev–Trinajstić information content (AvgIpc) is 2.90. The van der Waals surface area contributed by atoms with Crippen LogP contribution in [0.1, 0.15) is 24.5 Å². The van der Waals surface area contributed by atoms with Crippen molar-refractivity contribution in [3.8, 4) is 0 Å². The van der Waals surface area contributed by atoms with Crippen molar-refractivity contribution in [1.82, 2.24) is 9.62 Å². The number of sulfonamides is 1. The first-order chi connectivity index (χ1) is 8.98. The first kappa shape index (κ1) is 13.1. The van der Waals surface area contributed by atoms with Gasteiger partial charge in [-0.15, -0.1) is 0 Å². The molecule has 4 nitrogen and oxygen atoms in total. The molecular weight excluding hydrogens is 260 g/mol. The molecule has 2 atom stereocenters. The van der Waals surface area contributed by atoms with Crippen LogP contribution >= 0.6 is 0 Å². The molecule has 1 aromatic rings. The van der Waals surface area contributed by atoms with E-state index < -0.39 is 10.0 Å². The van der Waals surface area contributed by atoms with Crippen LogP contribution in [0.25, 0.3) is 0 Å². The molecule has 0 radical (unpaired) electrons. The number of rotatable bonds is 4. The largest absolute Gasteiger partial charge is 0.309 e. The zero-order valence-corrected chi connectivity index (χ0v) is 12.2. The summed E-state index contributed by atoms with van der Waals surface area (Å²) >= 11 is 0. The summed E-state index contributed by atoms with van der Waals surface area (Å²) in [6, 6.07) is 5.47. The van der Waals surface area contributed by atoms with Crippen molar-refractivity contribution in [2.75, 3.05) is 13.6 Å². The Morgan fingerprint density at radius 2 is 2.00 bits per heavy atom. The fraction of sp³-hybridized carbons (Fsp3) is 0.571. The second-order valence-corrected chi connectivity index (χ2v) is 7.84. The van der Waals surface area contributed by atoms with Crippen LogP contribution in [0.2, 0.25) is 0 Å². The number of fused-ring (bicyclic) bond motifs is 1. The molecule has 1 aliphatic heterocycles. The Labute approximate surface area is 114 Å². The third kappa shape index (κ3) is 2.42. The summed E-state index contributed by atoms with van der Waals surface area (Å²) in [6.07, 6.45) is 1.15. The van der Waals surface area contributed by atoms with Gasteiger partial charge >= 0.3 is 0 Å². The maximum atomic E-state index is 12.5. The van der Waals surface area contributed by atoms with Crippen LogP contribution in [0, 0.1) is 11.8 Å². The minimum absolute atomic E-state index is 0.422. The van der Waals surface area contributed by atoms with E-state index in [1.165, 1.54) is 9.87 Å². The SMILES string of the molecule is CC1CC1CN(C)S(=O)(=O)c1ccc2c(c1)CNC2. The van der Waals surface area contributed by atoms with Gasteiger partial charge in [-0.25, -0.2) is 12.7 Å². The van der Waals surface area contributed by atoms with E-state index >= 15 is 0 Å². The van der Waals surface area contributed by atoms with E-state index in [-0.39, 0.29) is 0 Å². The van der Waals surface area contributed by atoms with Gasteiger partial charge in [-0.3, -0.25) is 0 Å². The minimum Gasteiger partial charge on any atom is -0.309 e. The summed E-state index contributed by atoms with van der Waals surface area (Å²) in [4.78, 5) is 0.422. The second kappa shape index (κ2) is 4.58. The van der Waals surface area contributed by atoms with Crippen molar-refractivity contribution < 1.29 is 8.42 Å². The van der Waals surface area contributed by atoms with Crippen LogP contribution in [0.4, 0.5) is 0 Å². The number of nitrogens with zero attached hydrogens (tertiary/aromatic N) is 1. The quantitative estimate of drug-likeness (QED) is 0.910. The third-order valence-corrected chi connectivity index (χ3v) is 6.10. The molecule has 1 aliphatic carbocycles. The molecule has 0 spiro atoms. The van der Waals surface area contributed by atoms with Crippen molar-refractivity contribution >= 4 is 10.0 Å². The highest BCUT2D eigenvalue weighted by Crippen LogP contribution is 2.38. The van der Waals surface area contributed by atoms with Gasteiger partial charge in [0.05, 0.1) is 4.90 Å². The van der Waals surface area contributed by atoms with E-state index in [1.54, 1.807) is 13.1 Å². The first-order valence-corrected chi connectivity index (χ1v) is 8.21. The Balaban J connectivity index is 1.83. The number of benzene rings is 1. The van der Waals surface area contributed by atoms with Crippen molar-refractivity contribution in [1.29, 1.82) is 0 Å². The predicted octanol–water partition coefficient (Wildman–Crippen LogP) is 1.57. The van der Waals surface area contributed by atoms with Crippen molar-refractivity contribution in [2.24, 2.45) is 11.8 Å². The predicted molar refractivity (Wildman–Crippen MR) is 74.1 cm³/mol. The summed E-state index contributed by atoms with van der Waals surface area (Å²) in [5.74, 6) is 1.21. The van der Waals surface area contributed by atoms with Gasteiger partial charge in [0.1, 0.15) is 0 Å². The van der Waals surface area contributed by atoms with E-state index in [0.717, 1.165) is 25.1 Å². The van der Waals surface area contributed by atoms with Crippen LogP contribution in [-0.2, 0) is 23.1 Å². The van der Waals surface area contributed by atoms with Crippen LogP contribution in [-0.4, -0.2) is 26.3 Å². The third-order valence-electron chi connectivity index (χ3n) is 4.28. The highest BCUT2D eigenvalue weighted by molar-refractivity contribution is 7.89. The van der Waals surface area contributed by atoms with E-state index in [2.05, 4.69) is 12.2 Å². The van der Waals surface area contributed by atoms with Crippen molar-refractivity contribution in [3.63, 3.8) is 0 Å². The number of nitrogens with one attached hydrogen (secondary N) is 1. The van der Waals surface area contributed by atoms with E-state index in [1.807, 2.05) is 12.1 Å². The Hall–Kier alpha value is -0.910. The molecule has 1 heterocycles. The van der Waals surface area contributed by atoms with Crippen molar-refractivity contribution in [2.45, 2.75) is 31.3 Å². The number of hydrogen-bond donors (Lipinski definition) is 1. The standard InChI is InChI=1S/C14H20N2O2S/c1-10-5-13(10)9-16(2)19(17,18)14-4-3-11-7-15-8-12(11)6-14/h3-4,6,10,13,15H,5,7-9H2,1-2H3. The Kier molecular flexibility index (Phi) is 3.15. The molecule has 0 bridgehead atoms. The molecule has 1 fully saturated rings. The van der Waals surface area contributed by atoms with Gasteiger partial charge in [0.25, 0.3) is 0 Å². The highest BCUT2D eigenvalue weighted by Gasteiger charge is 2.36. The topological polar surface area (TPSA) is 49.4 Å². The zero-order chi connectivity index (χ0) is 13.6. The maximum Gasteiger partial charge on any atom is 0.242 e. The lowest BCUT2D eigenvalue weighted by atomic mass is 10.1. The summed E-state index contributed by atoms with van der Waals surface area (Å²) in [6.45, 7) is 4.41. The van der Waals surface area contributed by atoms with Gasteiger partial charge in [-0.2, -0.15) is 0 Å². The monoisotopic (exact) mass is 280 g/mol. The normalized spacial score (nSPS) is 25.6. The van der Waals surface area contributed by atoms with Crippen molar-refractivity contribution in [3.05, 3.63) is 29.3 Å². The van der Waals surface area contributed by atoms with E-state index in [0.29, 0.717) is 23.3 Å². The minimum atomic E-state index is -3.33. The maximum absolute atomic E-state index is 12.5. The molecule has 0 amide bonds. The van der Waals surface area contributed by atoms with Crippen LogP contribution in [0.15, 0.2) is 23.1 Å².